The van der Waals surface area contributed by atoms with E-state index in [1.54, 1.807) is 18.3 Å². The van der Waals surface area contributed by atoms with Gasteiger partial charge in [-0.25, -0.2) is 0 Å². The maximum atomic E-state index is 11.3. The molecule has 140 valence electrons. The Morgan fingerprint density at radius 2 is 2.11 bits per heavy atom. The summed E-state index contributed by atoms with van der Waals surface area (Å²) in [6.07, 6.45) is 2.51. The van der Waals surface area contributed by atoms with E-state index in [4.69, 9.17) is 4.74 Å². The molecule has 2 N–H and O–H groups in total. The summed E-state index contributed by atoms with van der Waals surface area (Å²) in [6.45, 7) is 1.22. The van der Waals surface area contributed by atoms with Crippen molar-refractivity contribution in [3.05, 3.63) is 60.4 Å². The molecule has 0 spiro atoms. The Labute approximate surface area is 157 Å². The third kappa shape index (κ3) is 5.07. The third-order valence-corrected chi connectivity index (χ3v) is 4.01. The fraction of sp³-hybridized carbons (Fsp3) is 0.250. The van der Waals surface area contributed by atoms with E-state index in [9.17, 15) is 10.0 Å². The monoisotopic (exact) mass is 368 g/mol. The van der Waals surface area contributed by atoms with Crippen LogP contribution < -0.4 is 14.8 Å². The van der Waals surface area contributed by atoms with Crippen LogP contribution in [0.2, 0.25) is 0 Å². The summed E-state index contributed by atoms with van der Waals surface area (Å²) in [5, 5.41) is 13.7. The summed E-state index contributed by atoms with van der Waals surface area (Å²) in [5.41, 5.74) is 1.48. The number of esters is 1. The molecule has 27 heavy (non-hydrogen) atoms. The topological polar surface area (TPSA) is 84.6 Å². The number of anilines is 1. The molecule has 0 saturated heterocycles. The van der Waals surface area contributed by atoms with Crippen LogP contribution in [0.5, 0.6) is 5.75 Å². The van der Waals surface area contributed by atoms with Gasteiger partial charge >= 0.3 is 11.8 Å². The largest absolute Gasteiger partial charge is 0.493 e. The number of carbonyl (C=O) groups excluding carboxylic acids is 1. The maximum absolute atomic E-state index is 11.3. The van der Waals surface area contributed by atoms with Crippen molar-refractivity contribution >= 4 is 22.7 Å². The minimum absolute atomic E-state index is 0.160. The van der Waals surface area contributed by atoms with E-state index in [1.807, 2.05) is 36.4 Å². The predicted molar refractivity (Wildman–Crippen MR) is 99.9 cm³/mol. The normalized spacial score (nSPS) is 10.6. The van der Waals surface area contributed by atoms with Crippen molar-refractivity contribution in [2.24, 2.45) is 0 Å². The Morgan fingerprint density at radius 3 is 2.93 bits per heavy atom. The first-order valence-corrected chi connectivity index (χ1v) is 8.69. The predicted octanol–water partition coefficient (Wildman–Crippen LogP) is 2.36. The lowest BCUT2D eigenvalue weighted by Gasteiger charge is -2.08. The second kappa shape index (κ2) is 8.84. The van der Waals surface area contributed by atoms with Crippen molar-refractivity contribution in [2.45, 2.75) is 12.8 Å². The Balaban J connectivity index is 1.51. The van der Waals surface area contributed by atoms with Gasteiger partial charge in [-0.05, 0) is 30.3 Å². The average Bonchev–Trinajstić information content (AvgIpc) is 2.69. The van der Waals surface area contributed by atoms with Gasteiger partial charge in [-0.2, -0.15) is 0 Å². The van der Waals surface area contributed by atoms with Gasteiger partial charge in [0.05, 0.1) is 37.9 Å². The summed E-state index contributed by atoms with van der Waals surface area (Å²) >= 11 is 0. The standard InChI is InChI=1S/C20H21N3O4/c1-26-20(24)14-16-7-6-15-13-17(8-9-18(15)22-16)27-12-4-10-21-19-5-2-3-11-23(19)25/h2-3,5-9,11,13,25H,4,10,12,14H2,1H3/p+1. The third-order valence-electron chi connectivity index (χ3n) is 4.01. The zero-order chi connectivity index (χ0) is 19.1. The van der Waals surface area contributed by atoms with E-state index in [2.05, 4.69) is 15.0 Å². The number of nitrogens with one attached hydrogen (secondary N) is 1. The van der Waals surface area contributed by atoms with Crippen molar-refractivity contribution in [1.82, 2.24) is 4.98 Å². The summed E-state index contributed by atoms with van der Waals surface area (Å²) < 4.78 is 11.5. The van der Waals surface area contributed by atoms with E-state index in [-0.39, 0.29) is 12.4 Å². The van der Waals surface area contributed by atoms with Crippen LogP contribution in [0.1, 0.15) is 12.1 Å². The van der Waals surface area contributed by atoms with Crippen LogP contribution in [0.25, 0.3) is 10.9 Å². The molecule has 7 heteroatoms. The van der Waals surface area contributed by atoms with Crippen LogP contribution in [0.15, 0.2) is 54.7 Å². The van der Waals surface area contributed by atoms with Gasteiger partial charge in [0.2, 0.25) is 0 Å². The van der Waals surface area contributed by atoms with Gasteiger partial charge in [0.15, 0.2) is 0 Å². The molecule has 2 aromatic heterocycles. The average molecular weight is 368 g/mol. The molecule has 0 aliphatic carbocycles. The number of hydrogen-bond acceptors (Lipinski definition) is 6. The van der Waals surface area contributed by atoms with Crippen LogP contribution in [-0.4, -0.2) is 36.4 Å². The first-order chi connectivity index (χ1) is 13.2. The van der Waals surface area contributed by atoms with E-state index < -0.39 is 0 Å². The van der Waals surface area contributed by atoms with Crippen molar-refractivity contribution in [2.75, 3.05) is 25.6 Å². The number of fused-ring (bicyclic) bond motifs is 1. The SMILES string of the molecule is COC(=O)Cc1ccc2cc(OCCCNc3cccc[n+]3O)ccc2n1. The second-order valence-corrected chi connectivity index (χ2v) is 5.97. The minimum Gasteiger partial charge on any atom is -0.493 e. The second-order valence-electron chi connectivity index (χ2n) is 5.97. The Hall–Kier alpha value is -3.35. The van der Waals surface area contributed by atoms with Crippen LogP contribution in [-0.2, 0) is 16.0 Å². The molecule has 7 nitrogen and oxygen atoms in total. The molecule has 0 fully saturated rings. The highest BCUT2D eigenvalue weighted by atomic mass is 16.5. The van der Waals surface area contributed by atoms with E-state index in [0.29, 0.717) is 24.7 Å². The van der Waals surface area contributed by atoms with Gasteiger partial charge in [0.25, 0.3) is 0 Å². The zero-order valence-corrected chi connectivity index (χ0v) is 15.1. The summed E-state index contributed by atoms with van der Waals surface area (Å²) in [7, 11) is 1.37. The molecular formula is C20H22N3O4+. The van der Waals surface area contributed by atoms with E-state index >= 15 is 0 Å². The lowest BCUT2D eigenvalue weighted by Crippen LogP contribution is -2.33. The van der Waals surface area contributed by atoms with Crippen molar-refractivity contribution < 1.29 is 24.2 Å². The first-order valence-electron chi connectivity index (χ1n) is 8.69. The van der Waals surface area contributed by atoms with Crippen molar-refractivity contribution in [3.63, 3.8) is 0 Å². The fourth-order valence-electron chi connectivity index (χ4n) is 2.61. The number of ether oxygens (including phenoxy) is 2. The molecule has 0 amide bonds. The molecule has 0 bridgehead atoms. The molecule has 0 aliphatic heterocycles. The molecule has 2 heterocycles. The van der Waals surface area contributed by atoms with Gasteiger partial charge in [0, 0.05) is 17.9 Å². The zero-order valence-electron chi connectivity index (χ0n) is 15.1. The molecule has 0 saturated carbocycles. The molecule has 0 aliphatic rings. The van der Waals surface area contributed by atoms with Crippen molar-refractivity contribution in [1.29, 1.82) is 0 Å². The molecule has 3 rings (SSSR count). The fourth-order valence-corrected chi connectivity index (χ4v) is 2.61. The molecule has 0 atom stereocenters. The lowest BCUT2D eigenvalue weighted by molar-refractivity contribution is -0.893. The number of methoxy groups -OCH3 is 1. The first kappa shape index (κ1) is 18.4. The van der Waals surface area contributed by atoms with E-state index in [1.165, 1.54) is 7.11 Å². The number of aromatic nitrogens is 2. The Morgan fingerprint density at radius 1 is 1.22 bits per heavy atom. The highest BCUT2D eigenvalue weighted by Gasteiger charge is 2.07. The molecule has 3 aromatic rings. The van der Waals surface area contributed by atoms with Crippen LogP contribution >= 0.6 is 0 Å². The minimum atomic E-state index is -0.308. The summed E-state index contributed by atoms with van der Waals surface area (Å²) in [4.78, 5) is 15.8. The number of carbonyl (C=O) groups is 1. The van der Waals surface area contributed by atoms with Crippen LogP contribution in [0, 0.1) is 0 Å². The van der Waals surface area contributed by atoms with Gasteiger partial charge in [-0.3, -0.25) is 15.1 Å². The van der Waals surface area contributed by atoms with E-state index in [0.717, 1.165) is 27.8 Å². The quantitative estimate of drug-likeness (QED) is 0.275. The smallest absolute Gasteiger partial charge is 0.313 e. The number of nitrogens with zero attached hydrogens (tertiary/aromatic N) is 2. The number of hydrogen-bond donors (Lipinski definition) is 2. The van der Waals surface area contributed by atoms with Gasteiger partial charge in [-0.1, -0.05) is 16.9 Å². The lowest BCUT2D eigenvalue weighted by atomic mass is 10.1. The molecule has 1 aromatic carbocycles. The Kier molecular flexibility index (Phi) is 6.04. The summed E-state index contributed by atoms with van der Waals surface area (Å²) in [6, 6.07) is 14.8. The highest BCUT2D eigenvalue weighted by Crippen LogP contribution is 2.20. The van der Waals surface area contributed by atoms with Gasteiger partial charge in [-0.15, -0.1) is 0 Å². The summed E-state index contributed by atoms with van der Waals surface area (Å²) in [5.74, 6) is 1.09. The molecule has 0 unspecified atom stereocenters. The van der Waals surface area contributed by atoms with Gasteiger partial charge in [0.1, 0.15) is 11.9 Å². The number of pyridine rings is 2. The number of rotatable bonds is 8. The highest BCUT2D eigenvalue weighted by molar-refractivity contribution is 5.81. The van der Waals surface area contributed by atoms with Crippen LogP contribution in [0.3, 0.4) is 0 Å². The maximum Gasteiger partial charge on any atom is 0.313 e. The number of benzene rings is 1. The van der Waals surface area contributed by atoms with Crippen LogP contribution in [0.4, 0.5) is 5.82 Å². The van der Waals surface area contributed by atoms with Gasteiger partial charge < -0.3 is 14.7 Å². The van der Waals surface area contributed by atoms with Crippen molar-refractivity contribution in [3.8, 4) is 5.75 Å². The Bertz CT molecular complexity index is 930. The molecular weight excluding hydrogens is 346 g/mol. The molecule has 0 radical (unpaired) electrons.